The molecule has 0 aliphatic heterocycles. The van der Waals surface area contributed by atoms with E-state index in [1.807, 2.05) is 50.2 Å². The third kappa shape index (κ3) is 7.59. The molecule has 0 saturated heterocycles. The van der Waals surface area contributed by atoms with E-state index in [1.54, 1.807) is 0 Å². The molecule has 4 rings (SSSR count). The van der Waals surface area contributed by atoms with Gasteiger partial charge in [0.25, 0.3) is 0 Å². The van der Waals surface area contributed by atoms with Gasteiger partial charge in [0.1, 0.15) is 18.2 Å². The minimum atomic E-state index is 0.122. The number of aryl methyl sites for hydroxylation is 4. The maximum absolute atomic E-state index is 12.1. The molecule has 1 aromatic heterocycles. The number of carbonyl (C=O) groups excluding carboxylic acids is 1. The highest BCUT2D eigenvalue weighted by Crippen LogP contribution is 2.26. The number of ether oxygens (including phenoxy) is 1. The van der Waals surface area contributed by atoms with Crippen molar-refractivity contribution in [2.45, 2.75) is 58.9 Å². The number of benzene rings is 3. The van der Waals surface area contributed by atoms with Crippen LogP contribution in [0.5, 0.6) is 5.75 Å². The van der Waals surface area contributed by atoms with Gasteiger partial charge in [-0.15, -0.1) is 0 Å². The van der Waals surface area contributed by atoms with E-state index in [4.69, 9.17) is 21.3 Å². The molecule has 0 fully saturated rings. The van der Waals surface area contributed by atoms with E-state index in [9.17, 15) is 4.79 Å². The zero-order valence-electron chi connectivity index (χ0n) is 21.8. The summed E-state index contributed by atoms with van der Waals surface area (Å²) < 4.78 is 8.35. The lowest BCUT2D eigenvalue weighted by atomic mass is 10.1. The van der Waals surface area contributed by atoms with E-state index in [2.05, 4.69) is 40.2 Å². The highest BCUT2D eigenvalue weighted by Gasteiger charge is 2.11. The van der Waals surface area contributed by atoms with Crippen LogP contribution < -0.4 is 10.1 Å². The van der Waals surface area contributed by atoms with Gasteiger partial charge >= 0.3 is 0 Å². The first-order valence-corrected chi connectivity index (χ1v) is 13.5. The van der Waals surface area contributed by atoms with Gasteiger partial charge in [-0.1, -0.05) is 60.5 Å². The summed E-state index contributed by atoms with van der Waals surface area (Å²) in [6.45, 7) is 6.01. The Bertz CT molecular complexity index is 1290. The number of hydrogen-bond acceptors (Lipinski definition) is 3. The Kier molecular flexibility index (Phi) is 9.61. The fourth-order valence-electron chi connectivity index (χ4n) is 4.61. The molecular weight excluding hydrogens is 482 g/mol. The van der Waals surface area contributed by atoms with Gasteiger partial charge in [0.15, 0.2) is 0 Å². The van der Waals surface area contributed by atoms with Crippen molar-refractivity contribution in [3.05, 3.63) is 94.3 Å². The second-order valence-corrected chi connectivity index (χ2v) is 9.91. The minimum Gasteiger partial charge on any atom is -0.492 e. The molecule has 3 aromatic carbocycles. The Morgan fingerprint density at radius 3 is 2.46 bits per heavy atom. The van der Waals surface area contributed by atoms with Crippen LogP contribution in [0.4, 0.5) is 0 Å². The third-order valence-corrected chi connectivity index (χ3v) is 7.21. The molecule has 0 spiro atoms. The Morgan fingerprint density at radius 1 is 0.946 bits per heavy atom. The Labute approximate surface area is 224 Å². The summed E-state index contributed by atoms with van der Waals surface area (Å²) in [5.74, 6) is 2.05. The Hall–Kier alpha value is -3.31. The topological polar surface area (TPSA) is 56.1 Å². The van der Waals surface area contributed by atoms with Gasteiger partial charge in [-0.25, -0.2) is 4.98 Å². The number of amides is 1. The zero-order valence-corrected chi connectivity index (χ0v) is 22.6. The molecule has 1 heterocycles. The average molecular weight is 518 g/mol. The smallest absolute Gasteiger partial charge is 0.220 e. The number of rotatable bonds is 13. The predicted octanol–water partition coefficient (Wildman–Crippen LogP) is 6.85. The van der Waals surface area contributed by atoms with Crippen molar-refractivity contribution >= 4 is 28.5 Å². The highest BCUT2D eigenvalue weighted by molar-refractivity contribution is 6.32. The van der Waals surface area contributed by atoms with Crippen LogP contribution >= 0.6 is 11.6 Å². The standard InChI is InChI=1S/C31H36ClN3O2/c1-23-21-26(22-24(2)31(23)32)37-20-19-35-28-14-9-8-13-27(28)34-29(35)15-7-4-10-18-33-30(36)17-16-25-11-5-3-6-12-25/h3,5-6,8-9,11-14,21-22H,4,7,10,15-20H2,1-2H3,(H,33,36). The molecule has 0 radical (unpaired) electrons. The second kappa shape index (κ2) is 13.3. The highest BCUT2D eigenvalue weighted by atomic mass is 35.5. The Morgan fingerprint density at radius 2 is 1.68 bits per heavy atom. The molecule has 0 aliphatic rings. The quantitative estimate of drug-likeness (QED) is 0.197. The largest absolute Gasteiger partial charge is 0.492 e. The van der Waals surface area contributed by atoms with Crippen LogP contribution in [-0.4, -0.2) is 28.6 Å². The fourth-order valence-corrected chi connectivity index (χ4v) is 4.72. The first-order valence-electron chi connectivity index (χ1n) is 13.2. The van der Waals surface area contributed by atoms with Gasteiger partial charge in [0.05, 0.1) is 17.6 Å². The van der Waals surface area contributed by atoms with Crippen LogP contribution in [-0.2, 0) is 24.2 Å². The summed E-state index contributed by atoms with van der Waals surface area (Å²) in [5.41, 5.74) is 5.40. The summed E-state index contributed by atoms with van der Waals surface area (Å²) in [6, 6.07) is 22.4. The zero-order chi connectivity index (χ0) is 26.0. The molecule has 194 valence electrons. The second-order valence-electron chi connectivity index (χ2n) is 9.53. The molecule has 0 unspecified atom stereocenters. The number of nitrogens with one attached hydrogen (secondary N) is 1. The summed E-state index contributed by atoms with van der Waals surface area (Å²) in [5, 5.41) is 3.85. The number of fused-ring (bicyclic) bond motifs is 1. The molecule has 1 N–H and O–H groups in total. The molecule has 0 atom stereocenters. The molecule has 1 amide bonds. The average Bonchev–Trinajstić information content (AvgIpc) is 3.26. The van der Waals surface area contributed by atoms with Crippen LogP contribution in [0, 0.1) is 13.8 Å². The number of carbonyl (C=O) groups is 1. The third-order valence-electron chi connectivity index (χ3n) is 6.61. The van der Waals surface area contributed by atoms with E-state index in [0.717, 1.165) is 84.0 Å². The van der Waals surface area contributed by atoms with Crippen molar-refractivity contribution in [2.24, 2.45) is 0 Å². The molecule has 0 aliphatic carbocycles. The van der Waals surface area contributed by atoms with E-state index < -0.39 is 0 Å². The first kappa shape index (κ1) is 26.7. The minimum absolute atomic E-state index is 0.122. The lowest BCUT2D eigenvalue weighted by molar-refractivity contribution is -0.121. The SMILES string of the molecule is Cc1cc(OCCn2c(CCCCCNC(=O)CCc3ccccc3)nc3ccccc32)cc(C)c1Cl. The summed E-state index contributed by atoms with van der Waals surface area (Å²) in [7, 11) is 0. The monoisotopic (exact) mass is 517 g/mol. The summed E-state index contributed by atoms with van der Waals surface area (Å²) in [4.78, 5) is 17.0. The van der Waals surface area contributed by atoms with Gasteiger partial charge in [0.2, 0.25) is 5.91 Å². The first-order chi connectivity index (χ1) is 18.0. The van der Waals surface area contributed by atoms with Crippen LogP contribution in [0.3, 0.4) is 0 Å². The molecule has 37 heavy (non-hydrogen) atoms. The van der Waals surface area contributed by atoms with Crippen molar-refractivity contribution in [1.82, 2.24) is 14.9 Å². The number of para-hydroxylation sites is 2. The normalized spacial score (nSPS) is 11.1. The van der Waals surface area contributed by atoms with E-state index in [0.29, 0.717) is 13.0 Å². The van der Waals surface area contributed by atoms with E-state index in [1.165, 1.54) is 5.56 Å². The summed E-state index contributed by atoms with van der Waals surface area (Å²) in [6.07, 6.45) is 5.25. The van der Waals surface area contributed by atoms with Crippen LogP contribution in [0.15, 0.2) is 66.7 Å². The van der Waals surface area contributed by atoms with Crippen molar-refractivity contribution in [1.29, 1.82) is 0 Å². The molecular formula is C31H36ClN3O2. The van der Waals surface area contributed by atoms with E-state index in [-0.39, 0.29) is 5.91 Å². The number of unbranched alkanes of at least 4 members (excludes halogenated alkanes) is 2. The number of hydrogen-bond donors (Lipinski definition) is 1. The van der Waals surface area contributed by atoms with Crippen LogP contribution in [0.2, 0.25) is 5.02 Å². The molecule has 0 bridgehead atoms. The number of aromatic nitrogens is 2. The molecule has 6 heteroatoms. The molecule has 5 nitrogen and oxygen atoms in total. The number of nitrogens with zero attached hydrogens (tertiary/aromatic N) is 2. The van der Waals surface area contributed by atoms with E-state index >= 15 is 0 Å². The van der Waals surface area contributed by atoms with Crippen LogP contribution in [0.25, 0.3) is 11.0 Å². The predicted molar refractivity (Wildman–Crippen MR) is 151 cm³/mol. The van der Waals surface area contributed by atoms with Gasteiger partial charge in [-0.2, -0.15) is 0 Å². The van der Waals surface area contributed by atoms with Gasteiger partial charge < -0.3 is 14.6 Å². The number of imidazole rings is 1. The van der Waals surface area contributed by atoms with Crippen molar-refractivity contribution < 1.29 is 9.53 Å². The van der Waals surface area contributed by atoms with Gasteiger partial charge in [-0.05, 0) is 74.1 Å². The lowest BCUT2D eigenvalue weighted by Crippen LogP contribution is -2.24. The lowest BCUT2D eigenvalue weighted by Gasteiger charge is -2.13. The van der Waals surface area contributed by atoms with Crippen molar-refractivity contribution in [3.63, 3.8) is 0 Å². The Balaban J connectivity index is 1.23. The van der Waals surface area contributed by atoms with Crippen molar-refractivity contribution in [2.75, 3.05) is 13.2 Å². The maximum atomic E-state index is 12.1. The maximum Gasteiger partial charge on any atom is 0.220 e. The molecule has 0 saturated carbocycles. The van der Waals surface area contributed by atoms with Crippen molar-refractivity contribution in [3.8, 4) is 5.75 Å². The van der Waals surface area contributed by atoms with Gasteiger partial charge in [-0.3, -0.25) is 4.79 Å². The van der Waals surface area contributed by atoms with Gasteiger partial charge in [0, 0.05) is 24.4 Å². The summed E-state index contributed by atoms with van der Waals surface area (Å²) >= 11 is 6.30. The molecule has 4 aromatic rings. The number of halogens is 1. The van der Waals surface area contributed by atoms with Crippen LogP contribution in [0.1, 0.15) is 48.2 Å². The fraction of sp³-hybridized carbons (Fsp3) is 0.355.